The molecule has 3 aromatic heterocycles. The number of imidazole rings is 1. The van der Waals surface area contributed by atoms with E-state index in [1.165, 1.54) is 0 Å². The zero-order chi connectivity index (χ0) is 29.2. The number of hydrogen-bond acceptors (Lipinski definition) is 10. The maximum absolute atomic E-state index is 13.3. The first kappa shape index (κ1) is 27.6. The Kier molecular flexibility index (Phi) is 7.74. The Morgan fingerprint density at radius 2 is 1.76 bits per heavy atom. The first-order valence-corrected chi connectivity index (χ1v) is 14.2. The summed E-state index contributed by atoms with van der Waals surface area (Å²) in [5.74, 6) is 3.09. The van der Waals surface area contributed by atoms with Gasteiger partial charge in [-0.05, 0) is 38.2 Å². The molecule has 1 atom stereocenters. The molecular weight excluding hydrogens is 540 g/mol. The molecule has 42 heavy (non-hydrogen) atoms. The van der Waals surface area contributed by atoms with Crippen LogP contribution in [0.5, 0.6) is 17.2 Å². The van der Waals surface area contributed by atoms with Crippen LogP contribution >= 0.6 is 0 Å². The number of methoxy groups -OCH3 is 3. The number of nitrogens with zero attached hydrogens (tertiary/aromatic N) is 7. The number of benzene rings is 1. The summed E-state index contributed by atoms with van der Waals surface area (Å²) >= 11 is 0. The third-order valence-electron chi connectivity index (χ3n) is 7.96. The molecule has 0 radical (unpaired) electrons. The number of nitrogens with one attached hydrogen (secondary N) is 1. The monoisotopic (exact) mass is 576 g/mol. The Labute approximate surface area is 243 Å². The fraction of sp³-hybridized carbons (Fsp3) is 0.448. The molecule has 2 aliphatic heterocycles. The second-order valence-electron chi connectivity index (χ2n) is 10.5. The predicted octanol–water partition coefficient (Wildman–Crippen LogP) is 3.27. The Morgan fingerprint density at radius 3 is 2.45 bits per heavy atom. The lowest BCUT2D eigenvalue weighted by Crippen LogP contribution is -2.35. The topological polar surface area (TPSA) is 132 Å². The van der Waals surface area contributed by atoms with E-state index >= 15 is 0 Å². The molecule has 2 fully saturated rings. The quantitative estimate of drug-likeness (QED) is 0.306. The Balaban J connectivity index is 1.36. The van der Waals surface area contributed by atoms with Gasteiger partial charge < -0.3 is 39.0 Å². The minimum atomic E-state index is -0.0560. The second kappa shape index (κ2) is 11.8. The number of rotatable bonds is 9. The third-order valence-corrected chi connectivity index (χ3v) is 7.96. The highest BCUT2D eigenvalue weighted by Crippen LogP contribution is 2.39. The van der Waals surface area contributed by atoms with Gasteiger partial charge in [0, 0.05) is 38.0 Å². The Hall–Kier alpha value is -4.52. The standard InChI is InChI=1S/C29H36N8O5/c1-40-23-13-21(14-24(41-2)26(23)42-3)35-16-25(30-18-35)31-27-22-12-19(28(39)34-9-5-4-6-10-34)15-37(22)33-29(32-27)36-11-7-8-20(36)17-38/h12-16,18,20,38H,4-11,17H2,1-3H3,(H,31,32,33)/t20-/m0/s1. The van der Waals surface area contributed by atoms with Crippen LogP contribution in [0.3, 0.4) is 0 Å². The van der Waals surface area contributed by atoms with Gasteiger partial charge in [0.25, 0.3) is 5.91 Å². The molecule has 1 aromatic carbocycles. The highest BCUT2D eigenvalue weighted by atomic mass is 16.5. The fourth-order valence-corrected chi connectivity index (χ4v) is 5.75. The summed E-state index contributed by atoms with van der Waals surface area (Å²) in [5.41, 5.74) is 1.98. The number of anilines is 3. The maximum atomic E-state index is 13.3. The van der Waals surface area contributed by atoms with Crippen LogP contribution in [-0.2, 0) is 0 Å². The molecule has 2 saturated heterocycles. The minimum Gasteiger partial charge on any atom is -0.493 e. The first-order chi connectivity index (χ1) is 20.5. The van der Waals surface area contributed by atoms with Gasteiger partial charge in [0.15, 0.2) is 17.3 Å². The number of carbonyl (C=O) groups is 1. The number of ether oxygens (including phenoxy) is 3. The van der Waals surface area contributed by atoms with Gasteiger partial charge >= 0.3 is 0 Å². The van der Waals surface area contributed by atoms with Crippen molar-refractivity contribution in [3.8, 4) is 22.9 Å². The number of carbonyl (C=O) groups excluding carboxylic acids is 1. The van der Waals surface area contributed by atoms with Crippen LogP contribution in [0.2, 0.25) is 0 Å². The van der Waals surface area contributed by atoms with Crippen LogP contribution in [0, 0.1) is 0 Å². The summed E-state index contributed by atoms with van der Waals surface area (Å²) < 4.78 is 20.0. The largest absolute Gasteiger partial charge is 0.493 e. The number of piperidine rings is 1. The molecule has 222 valence electrons. The molecule has 13 heteroatoms. The Morgan fingerprint density at radius 1 is 1.00 bits per heavy atom. The van der Waals surface area contributed by atoms with Crippen LogP contribution < -0.4 is 24.4 Å². The smallest absolute Gasteiger partial charge is 0.255 e. The van der Waals surface area contributed by atoms with Crippen LogP contribution in [-0.4, -0.2) is 93.7 Å². The second-order valence-corrected chi connectivity index (χ2v) is 10.5. The van der Waals surface area contributed by atoms with Gasteiger partial charge in [-0.3, -0.25) is 4.79 Å². The van der Waals surface area contributed by atoms with Gasteiger partial charge in [-0.15, -0.1) is 5.10 Å². The lowest BCUT2D eigenvalue weighted by atomic mass is 10.1. The minimum absolute atomic E-state index is 0.00575. The van der Waals surface area contributed by atoms with Crippen molar-refractivity contribution in [3.05, 3.63) is 42.5 Å². The number of amides is 1. The van der Waals surface area contributed by atoms with Gasteiger partial charge in [-0.2, -0.15) is 4.98 Å². The summed E-state index contributed by atoms with van der Waals surface area (Å²) in [6.07, 6.45) is 10.3. The lowest BCUT2D eigenvalue weighted by Gasteiger charge is -2.26. The number of aliphatic hydroxyl groups excluding tert-OH is 1. The molecule has 0 unspecified atom stereocenters. The Bertz CT molecular complexity index is 1550. The summed E-state index contributed by atoms with van der Waals surface area (Å²) in [6.45, 7) is 2.29. The van der Waals surface area contributed by atoms with E-state index in [1.54, 1.807) is 38.4 Å². The number of hydrogen-bond donors (Lipinski definition) is 2. The first-order valence-electron chi connectivity index (χ1n) is 14.2. The van der Waals surface area contributed by atoms with Gasteiger partial charge in [-0.1, -0.05) is 0 Å². The maximum Gasteiger partial charge on any atom is 0.255 e. The van der Waals surface area contributed by atoms with Crippen LogP contribution in [0.15, 0.2) is 36.9 Å². The van der Waals surface area contributed by atoms with Crippen molar-refractivity contribution in [1.29, 1.82) is 0 Å². The van der Waals surface area contributed by atoms with Crippen molar-refractivity contribution in [3.63, 3.8) is 0 Å². The number of fused-ring (bicyclic) bond motifs is 1. The average Bonchev–Trinajstić information content (AvgIpc) is 3.80. The number of aromatic nitrogens is 5. The molecule has 13 nitrogen and oxygen atoms in total. The van der Waals surface area contributed by atoms with Crippen LogP contribution in [0.1, 0.15) is 42.5 Å². The highest BCUT2D eigenvalue weighted by molar-refractivity contribution is 5.96. The summed E-state index contributed by atoms with van der Waals surface area (Å²) in [6, 6.07) is 5.44. The number of likely N-dealkylation sites (tertiary alicyclic amines) is 1. The molecule has 0 spiro atoms. The van der Waals surface area contributed by atoms with E-state index in [0.29, 0.717) is 45.9 Å². The van der Waals surface area contributed by atoms with Crippen molar-refractivity contribution in [2.45, 2.75) is 38.1 Å². The van der Waals surface area contributed by atoms with Crippen molar-refractivity contribution in [1.82, 2.24) is 29.0 Å². The molecule has 2 N–H and O–H groups in total. The van der Waals surface area contributed by atoms with E-state index in [4.69, 9.17) is 24.3 Å². The zero-order valence-corrected chi connectivity index (χ0v) is 24.1. The SMILES string of the molecule is COc1cc(-n2cnc(Nc3nc(N4CCC[C@H]4CO)nn4cc(C(=O)N5CCCCC5)cc34)c2)cc(OC)c1OC. The zero-order valence-electron chi connectivity index (χ0n) is 24.1. The van der Waals surface area contributed by atoms with Gasteiger partial charge in [0.1, 0.15) is 17.7 Å². The van der Waals surface area contributed by atoms with Crippen molar-refractivity contribution in [2.24, 2.45) is 0 Å². The van der Waals surface area contributed by atoms with Gasteiger partial charge in [0.05, 0.1) is 51.4 Å². The van der Waals surface area contributed by atoms with Gasteiger partial charge in [0.2, 0.25) is 11.7 Å². The highest BCUT2D eigenvalue weighted by Gasteiger charge is 2.28. The van der Waals surface area contributed by atoms with E-state index in [-0.39, 0.29) is 18.6 Å². The van der Waals surface area contributed by atoms with Gasteiger partial charge in [-0.25, -0.2) is 9.50 Å². The van der Waals surface area contributed by atoms with E-state index in [2.05, 4.69) is 10.3 Å². The van der Waals surface area contributed by atoms with Crippen LogP contribution in [0.4, 0.5) is 17.6 Å². The molecule has 4 aromatic rings. The predicted molar refractivity (Wildman–Crippen MR) is 157 cm³/mol. The molecule has 0 aliphatic carbocycles. The molecule has 1 amide bonds. The van der Waals surface area contributed by atoms with Crippen LogP contribution in [0.25, 0.3) is 11.2 Å². The normalized spacial score (nSPS) is 17.1. The lowest BCUT2D eigenvalue weighted by molar-refractivity contribution is 0.0724. The molecule has 6 rings (SSSR count). The molecular formula is C29H36N8O5. The molecule has 0 bridgehead atoms. The van der Waals surface area contributed by atoms with E-state index < -0.39 is 0 Å². The van der Waals surface area contributed by atoms with E-state index in [1.807, 2.05) is 38.8 Å². The van der Waals surface area contributed by atoms with E-state index in [9.17, 15) is 9.90 Å². The van der Waals surface area contributed by atoms with E-state index in [0.717, 1.165) is 57.4 Å². The van der Waals surface area contributed by atoms with Crippen molar-refractivity contribution in [2.75, 3.05) is 57.8 Å². The fourth-order valence-electron chi connectivity index (χ4n) is 5.75. The molecule has 2 aliphatic rings. The summed E-state index contributed by atoms with van der Waals surface area (Å²) in [7, 11) is 4.71. The average molecular weight is 577 g/mol. The number of aliphatic hydroxyl groups is 1. The molecule has 0 saturated carbocycles. The molecule has 5 heterocycles. The third kappa shape index (κ3) is 5.15. The summed E-state index contributed by atoms with van der Waals surface area (Å²) in [5, 5.41) is 18.0. The summed E-state index contributed by atoms with van der Waals surface area (Å²) in [4.78, 5) is 26.7. The van der Waals surface area contributed by atoms with Crippen molar-refractivity contribution >= 4 is 29.0 Å². The van der Waals surface area contributed by atoms with Crippen molar-refractivity contribution < 1.29 is 24.1 Å².